The second-order valence-corrected chi connectivity index (χ2v) is 7.92. The van der Waals surface area contributed by atoms with E-state index >= 15 is 0 Å². The molecular weight excluding hydrogens is 324 g/mol. The van der Waals surface area contributed by atoms with Gasteiger partial charge in [0.25, 0.3) is 0 Å². The molecule has 0 spiro atoms. The summed E-state index contributed by atoms with van der Waals surface area (Å²) >= 11 is 4.82. The predicted molar refractivity (Wildman–Crippen MR) is 89.5 cm³/mol. The number of fused-ring (bicyclic) bond motifs is 1. The van der Waals surface area contributed by atoms with Gasteiger partial charge in [0.05, 0.1) is 10.9 Å². The van der Waals surface area contributed by atoms with Gasteiger partial charge in [0, 0.05) is 17.7 Å². The van der Waals surface area contributed by atoms with Crippen LogP contribution in [0, 0.1) is 0 Å². The van der Waals surface area contributed by atoms with Crippen molar-refractivity contribution in [2.24, 2.45) is 0 Å². The summed E-state index contributed by atoms with van der Waals surface area (Å²) in [5, 5.41) is 14.8. The summed E-state index contributed by atoms with van der Waals surface area (Å²) in [7, 11) is 1.83. The first kappa shape index (κ1) is 14.7. The van der Waals surface area contributed by atoms with Crippen molar-refractivity contribution >= 4 is 51.6 Å². The van der Waals surface area contributed by atoms with E-state index in [1.54, 1.807) is 23.5 Å². The molecule has 1 aliphatic heterocycles. The standard InChI is InChI=1S/C13H14N4OS3/c1-14-12-16-17-13(21-12)19-7-6-10-11(18)15-8-4-2-3-5-9(8)20-10/h2-5,10H,6-7H2,1H3,(H,14,16)(H,15,18). The van der Waals surface area contributed by atoms with Crippen LogP contribution < -0.4 is 10.6 Å². The first-order chi connectivity index (χ1) is 10.3. The average Bonchev–Trinajstić information content (AvgIpc) is 2.96. The Bertz CT molecular complexity index is 646. The van der Waals surface area contributed by atoms with Crippen molar-refractivity contribution in [3.05, 3.63) is 24.3 Å². The molecule has 0 bridgehead atoms. The van der Waals surface area contributed by atoms with E-state index < -0.39 is 0 Å². The van der Waals surface area contributed by atoms with Gasteiger partial charge in [0.15, 0.2) is 4.34 Å². The topological polar surface area (TPSA) is 66.9 Å². The molecule has 0 aliphatic carbocycles. The number of nitrogens with zero attached hydrogens (tertiary/aromatic N) is 2. The number of rotatable bonds is 5. The Hall–Kier alpha value is -1.25. The number of nitrogens with one attached hydrogen (secondary N) is 2. The van der Waals surface area contributed by atoms with E-state index in [0.29, 0.717) is 0 Å². The number of carbonyl (C=O) groups is 1. The Morgan fingerprint density at radius 2 is 2.24 bits per heavy atom. The van der Waals surface area contributed by atoms with Crippen molar-refractivity contribution in [2.45, 2.75) is 20.9 Å². The van der Waals surface area contributed by atoms with Gasteiger partial charge in [-0.15, -0.1) is 22.0 Å². The molecular formula is C13H14N4OS3. The monoisotopic (exact) mass is 338 g/mol. The highest BCUT2D eigenvalue weighted by atomic mass is 32.2. The summed E-state index contributed by atoms with van der Waals surface area (Å²) in [6, 6.07) is 7.91. The molecule has 3 rings (SSSR count). The minimum Gasteiger partial charge on any atom is -0.363 e. The number of thioether (sulfide) groups is 2. The molecule has 21 heavy (non-hydrogen) atoms. The summed E-state index contributed by atoms with van der Waals surface area (Å²) in [5.74, 6) is 0.943. The highest BCUT2D eigenvalue weighted by Crippen LogP contribution is 2.37. The Balaban J connectivity index is 1.55. The van der Waals surface area contributed by atoms with Crippen molar-refractivity contribution in [1.29, 1.82) is 0 Å². The fraction of sp³-hybridized carbons (Fsp3) is 0.308. The lowest BCUT2D eigenvalue weighted by molar-refractivity contribution is -0.115. The number of benzene rings is 1. The van der Waals surface area contributed by atoms with Crippen LogP contribution in [-0.4, -0.2) is 34.2 Å². The van der Waals surface area contributed by atoms with Gasteiger partial charge in [-0.05, 0) is 18.6 Å². The molecule has 1 aromatic heterocycles. The van der Waals surface area contributed by atoms with E-state index in [-0.39, 0.29) is 11.2 Å². The van der Waals surface area contributed by atoms with Gasteiger partial charge < -0.3 is 10.6 Å². The van der Waals surface area contributed by atoms with Crippen molar-refractivity contribution in [3.63, 3.8) is 0 Å². The molecule has 110 valence electrons. The highest BCUT2D eigenvalue weighted by molar-refractivity contribution is 8.01. The molecule has 1 amide bonds. The third-order valence-corrected chi connectivity index (χ3v) is 6.38. The van der Waals surface area contributed by atoms with Crippen LogP contribution in [0.1, 0.15) is 6.42 Å². The normalized spacial score (nSPS) is 17.2. The lowest BCUT2D eigenvalue weighted by Gasteiger charge is -2.23. The summed E-state index contributed by atoms with van der Waals surface area (Å²) in [6.45, 7) is 0. The predicted octanol–water partition coefficient (Wildman–Crippen LogP) is 3.18. The summed E-state index contributed by atoms with van der Waals surface area (Å²) < 4.78 is 0.931. The Morgan fingerprint density at radius 1 is 1.38 bits per heavy atom. The minimum atomic E-state index is -0.0379. The molecule has 0 radical (unpaired) electrons. The zero-order valence-electron chi connectivity index (χ0n) is 11.3. The largest absolute Gasteiger partial charge is 0.363 e. The van der Waals surface area contributed by atoms with Crippen molar-refractivity contribution < 1.29 is 4.79 Å². The summed E-state index contributed by atoms with van der Waals surface area (Å²) in [5.41, 5.74) is 0.916. The quantitative estimate of drug-likeness (QED) is 0.816. The zero-order valence-corrected chi connectivity index (χ0v) is 13.8. The number of para-hydroxylation sites is 1. The van der Waals surface area contributed by atoms with Gasteiger partial charge in [0.1, 0.15) is 0 Å². The minimum absolute atomic E-state index is 0.0379. The highest BCUT2D eigenvalue weighted by Gasteiger charge is 2.26. The second kappa shape index (κ2) is 6.67. The lowest BCUT2D eigenvalue weighted by Crippen LogP contribution is -2.29. The number of carbonyl (C=O) groups excluding carboxylic acids is 1. The van der Waals surface area contributed by atoms with Crippen LogP contribution in [0.2, 0.25) is 0 Å². The van der Waals surface area contributed by atoms with Crippen LogP contribution in [0.5, 0.6) is 0 Å². The number of aromatic nitrogens is 2. The van der Waals surface area contributed by atoms with Gasteiger partial charge in [-0.1, -0.05) is 35.2 Å². The molecule has 1 aromatic carbocycles. The molecule has 2 heterocycles. The molecule has 0 fully saturated rings. The Labute approximate surface area is 135 Å². The van der Waals surface area contributed by atoms with Gasteiger partial charge in [0.2, 0.25) is 11.0 Å². The fourth-order valence-electron chi connectivity index (χ4n) is 1.91. The maximum atomic E-state index is 12.1. The van der Waals surface area contributed by atoms with Crippen LogP contribution in [0.25, 0.3) is 0 Å². The second-order valence-electron chi connectivity index (χ2n) is 4.35. The maximum absolute atomic E-state index is 12.1. The Kier molecular flexibility index (Phi) is 4.67. The molecule has 8 heteroatoms. The van der Waals surface area contributed by atoms with Crippen LogP contribution in [0.4, 0.5) is 10.8 Å². The summed E-state index contributed by atoms with van der Waals surface area (Å²) in [6.07, 6.45) is 0.809. The van der Waals surface area contributed by atoms with Crippen molar-refractivity contribution in [2.75, 3.05) is 23.4 Å². The van der Waals surface area contributed by atoms with Crippen LogP contribution in [0.15, 0.2) is 33.5 Å². The number of amides is 1. The molecule has 5 nitrogen and oxygen atoms in total. The third-order valence-electron chi connectivity index (χ3n) is 2.93. The smallest absolute Gasteiger partial charge is 0.237 e. The van der Waals surface area contributed by atoms with E-state index in [4.69, 9.17) is 0 Å². The number of hydrogen-bond acceptors (Lipinski definition) is 7. The maximum Gasteiger partial charge on any atom is 0.237 e. The number of hydrogen-bond donors (Lipinski definition) is 2. The van der Waals surface area contributed by atoms with Gasteiger partial charge in [-0.3, -0.25) is 4.79 Å². The van der Waals surface area contributed by atoms with Crippen LogP contribution >= 0.6 is 34.9 Å². The van der Waals surface area contributed by atoms with Gasteiger partial charge in [-0.25, -0.2) is 0 Å². The zero-order chi connectivity index (χ0) is 14.7. The van der Waals surface area contributed by atoms with E-state index in [1.165, 1.54) is 11.3 Å². The van der Waals surface area contributed by atoms with Gasteiger partial charge >= 0.3 is 0 Å². The molecule has 2 N–H and O–H groups in total. The fourth-order valence-corrected chi connectivity index (χ4v) is 4.95. The van der Waals surface area contributed by atoms with E-state index in [9.17, 15) is 4.79 Å². The first-order valence-corrected chi connectivity index (χ1v) is 9.15. The van der Waals surface area contributed by atoms with E-state index in [0.717, 1.165) is 32.2 Å². The molecule has 1 atom stereocenters. The van der Waals surface area contributed by atoms with E-state index in [2.05, 4.69) is 20.8 Å². The third kappa shape index (κ3) is 3.50. The summed E-state index contributed by atoms with van der Waals surface area (Å²) in [4.78, 5) is 13.2. The lowest BCUT2D eigenvalue weighted by atomic mass is 10.2. The SMILES string of the molecule is CNc1nnc(SCCC2Sc3ccccc3NC2=O)s1. The first-order valence-electron chi connectivity index (χ1n) is 6.47. The van der Waals surface area contributed by atoms with E-state index in [1.807, 2.05) is 31.3 Å². The molecule has 1 unspecified atom stereocenters. The number of anilines is 2. The molecule has 0 saturated heterocycles. The average molecular weight is 338 g/mol. The molecule has 2 aromatic rings. The molecule has 0 saturated carbocycles. The molecule has 1 aliphatic rings. The Morgan fingerprint density at radius 3 is 3.05 bits per heavy atom. The van der Waals surface area contributed by atoms with Crippen LogP contribution in [-0.2, 0) is 4.79 Å². The van der Waals surface area contributed by atoms with Gasteiger partial charge in [-0.2, -0.15) is 0 Å². The van der Waals surface area contributed by atoms with Crippen molar-refractivity contribution in [3.8, 4) is 0 Å². The van der Waals surface area contributed by atoms with Crippen molar-refractivity contribution in [1.82, 2.24) is 10.2 Å². The van der Waals surface area contributed by atoms with Crippen LogP contribution in [0.3, 0.4) is 0 Å².